The minimum atomic E-state index is 0.195. The summed E-state index contributed by atoms with van der Waals surface area (Å²) in [5, 5.41) is 6.41. The van der Waals surface area contributed by atoms with Crippen LogP contribution in [0.1, 0.15) is 18.7 Å². The fourth-order valence-electron chi connectivity index (χ4n) is 4.18. The normalized spacial score (nSPS) is 13.7. The Hall–Kier alpha value is -4.61. The second-order valence-corrected chi connectivity index (χ2v) is 8.24. The molecule has 4 aromatic heterocycles. The minimum absolute atomic E-state index is 0.195. The van der Waals surface area contributed by atoms with Crippen molar-refractivity contribution < 1.29 is 4.79 Å². The summed E-state index contributed by atoms with van der Waals surface area (Å²) in [5.74, 6) is 2.27. The van der Waals surface area contributed by atoms with E-state index < -0.39 is 0 Å². The fraction of sp³-hybridized carbons (Fsp3) is 0.261. The van der Waals surface area contributed by atoms with Gasteiger partial charge in [-0.05, 0) is 24.6 Å². The number of H-pyrrole nitrogens is 1. The molecule has 1 aliphatic heterocycles. The van der Waals surface area contributed by atoms with Gasteiger partial charge in [0, 0.05) is 38.4 Å². The number of aromatic nitrogens is 8. The zero-order valence-electron chi connectivity index (χ0n) is 18.8. The molecule has 0 unspecified atom stereocenters. The van der Waals surface area contributed by atoms with Crippen molar-refractivity contribution >= 4 is 45.8 Å². The van der Waals surface area contributed by atoms with E-state index in [0.29, 0.717) is 54.9 Å². The number of hydrogen-bond donors (Lipinski definition) is 3. The average Bonchev–Trinajstić information content (AvgIpc) is 3.60. The summed E-state index contributed by atoms with van der Waals surface area (Å²) in [6, 6.07) is 9.62. The number of nitrogens with one attached hydrogen (secondary N) is 3. The van der Waals surface area contributed by atoms with E-state index in [1.54, 1.807) is 24.8 Å². The number of imidazole rings is 2. The minimum Gasteiger partial charge on any atom is -0.361 e. The third-order valence-electron chi connectivity index (χ3n) is 5.90. The second kappa shape index (κ2) is 8.97. The van der Waals surface area contributed by atoms with E-state index >= 15 is 0 Å². The second-order valence-electron chi connectivity index (χ2n) is 8.24. The van der Waals surface area contributed by atoms with Crippen LogP contribution in [0, 0.1) is 0 Å². The molecule has 1 aliphatic rings. The van der Waals surface area contributed by atoms with E-state index in [9.17, 15) is 4.79 Å². The van der Waals surface area contributed by atoms with Gasteiger partial charge in [-0.15, -0.1) is 0 Å². The summed E-state index contributed by atoms with van der Waals surface area (Å²) in [6.07, 6.45) is 6.55. The molecule has 176 valence electrons. The Morgan fingerprint density at radius 1 is 0.971 bits per heavy atom. The standard InChI is InChI=1S/C23H23N11O/c35-18-7-3-10-33(18)11-12-34-14-27-19-20(26-13-17-28-15-5-1-2-6-16(15)29-17)30-23(31-21(19)34)32-22-24-8-4-9-25-22/h1-2,4-6,8-9,14H,3,7,10-13H2,(H,28,29)(H2,24,25,26,30,31,32). The highest BCUT2D eigenvalue weighted by Gasteiger charge is 2.21. The third-order valence-corrected chi connectivity index (χ3v) is 5.90. The summed E-state index contributed by atoms with van der Waals surface area (Å²) < 4.78 is 1.94. The highest BCUT2D eigenvalue weighted by molar-refractivity contribution is 5.84. The highest BCUT2D eigenvalue weighted by Crippen LogP contribution is 2.23. The van der Waals surface area contributed by atoms with Crippen LogP contribution in [0.5, 0.6) is 0 Å². The highest BCUT2D eigenvalue weighted by atomic mass is 16.2. The maximum absolute atomic E-state index is 12.0. The topological polar surface area (TPSA) is 142 Å². The molecule has 12 heteroatoms. The van der Waals surface area contributed by atoms with Gasteiger partial charge in [0.2, 0.25) is 17.8 Å². The molecular formula is C23H23N11O. The first-order valence-corrected chi connectivity index (χ1v) is 11.4. The van der Waals surface area contributed by atoms with Gasteiger partial charge >= 0.3 is 0 Å². The lowest BCUT2D eigenvalue weighted by Crippen LogP contribution is -2.28. The lowest BCUT2D eigenvalue weighted by molar-refractivity contribution is -0.127. The monoisotopic (exact) mass is 469 g/mol. The zero-order valence-corrected chi connectivity index (χ0v) is 18.8. The number of aromatic amines is 1. The molecule has 6 rings (SSSR count). The summed E-state index contributed by atoms with van der Waals surface area (Å²) in [6.45, 7) is 2.42. The van der Waals surface area contributed by atoms with Crippen LogP contribution in [0.4, 0.5) is 17.7 Å². The molecule has 0 spiro atoms. The van der Waals surface area contributed by atoms with Gasteiger partial charge in [-0.25, -0.2) is 19.9 Å². The number of amides is 1. The Labute approximate surface area is 199 Å². The van der Waals surface area contributed by atoms with Crippen LogP contribution in [-0.4, -0.2) is 63.4 Å². The number of fused-ring (bicyclic) bond motifs is 2. The molecule has 35 heavy (non-hydrogen) atoms. The predicted molar refractivity (Wildman–Crippen MR) is 130 cm³/mol. The summed E-state index contributed by atoms with van der Waals surface area (Å²) in [4.78, 5) is 44.1. The maximum atomic E-state index is 12.0. The van der Waals surface area contributed by atoms with Crippen molar-refractivity contribution in [2.45, 2.75) is 25.9 Å². The molecule has 0 radical (unpaired) electrons. The van der Waals surface area contributed by atoms with Gasteiger partial charge in [0.15, 0.2) is 17.0 Å². The first kappa shape index (κ1) is 21.0. The fourth-order valence-corrected chi connectivity index (χ4v) is 4.18. The van der Waals surface area contributed by atoms with Gasteiger partial charge in [0.25, 0.3) is 0 Å². The number of nitrogens with zero attached hydrogens (tertiary/aromatic N) is 8. The van der Waals surface area contributed by atoms with Gasteiger partial charge in [-0.1, -0.05) is 12.1 Å². The van der Waals surface area contributed by atoms with Crippen LogP contribution in [0.3, 0.4) is 0 Å². The number of benzene rings is 1. The molecule has 12 nitrogen and oxygen atoms in total. The molecule has 1 saturated heterocycles. The smallest absolute Gasteiger partial charge is 0.233 e. The van der Waals surface area contributed by atoms with Gasteiger partial charge in [0.1, 0.15) is 5.82 Å². The Morgan fingerprint density at radius 3 is 2.69 bits per heavy atom. The van der Waals surface area contributed by atoms with E-state index in [0.717, 1.165) is 29.8 Å². The lowest BCUT2D eigenvalue weighted by atomic mass is 10.3. The molecule has 0 saturated carbocycles. The Morgan fingerprint density at radius 2 is 1.86 bits per heavy atom. The predicted octanol–water partition coefficient (Wildman–Crippen LogP) is 2.47. The number of carbonyl (C=O) groups excluding carboxylic acids is 1. The lowest BCUT2D eigenvalue weighted by Gasteiger charge is -2.16. The Bertz CT molecular complexity index is 1460. The van der Waals surface area contributed by atoms with Crippen molar-refractivity contribution in [2.24, 2.45) is 0 Å². The maximum Gasteiger partial charge on any atom is 0.233 e. The molecular weight excluding hydrogens is 446 g/mol. The van der Waals surface area contributed by atoms with Crippen LogP contribution in [0.25, 0.3) is 22.2 Å². The average molecular weight is 470 g/mol. The number of hydrogen-bond acceptors (Lipinski definition) is 9. The van der Waals surface area contributed by atoms with Crippen molar-refractivity contribution in [3.8, 4) is 0 Å². The number of anilines is 3. The zero-order chi connectivity index (χ0) is 23.6. The molecule has 3 N–H and O–H groups in total. The molecule has 5 heterocycles. The van der Waals surface area contributed by atoms with Crippen LogP contribution >= 0.6 is 0 Å². The van der Waals surface area contributed by atoms with Gasteiger partial charge in [-0.2, -0.15) is 9.97 Å². The van der Waals surface area contributed by atoms with Crippen LogP contribution in [0.15, 0.2) is 49.1 Å². The number of likely N-dealkylation sites (tertiary alicyclic amines) is 1. The molecule has 0 atom stereocenters. The molecule has 1 fully saturated rings. The number of carbonyl (C=O) groups is 1. The third kappa shape index (κ3) is 4.33. The van der Waals surface area contributed by atoms with E-state index in [1.807, 2.05) is 33.7 Å². The van der Waals surface area contributed by atoms with E-state index in [-0.39, 0.29) is 5.91 Å². The van der Waals surface area contributed by atoms with E-state index in [1.165, 1.54) is 0 Å². The molecule has 0 bridgehead atoms. The molecule has 5 aromatic rings. The number of para-hydroxylation sites is 2. The summed E-state index contributed by atoms with van der Waals surface area (Å²) in [7, 11) is 0. The molecule has 1 amide bonds. The van der Waals surface area contributed by atoms with Crippen molar-refractivity contribution in [2.75, 3.05) is 23.7 Å². The van der Waals surface area contributed by atoms with Gasteiger partial charge in [-0.3, -0.25) is 10.1 Å². The van der Waals surface area contributed by atoms with Crippen LogP contribution in [-0.2, 0) is 17.9 Å². The first-order valence-electron chi connectivity index (χ1n) is 11.4. The SMILES string of the molecule is O=C1CCCN1CCn1cnc2c(NCc3nc4ccccc4[nH]3)nc(Nc3ncccn3)nc21. The van der Waals surface area contributed by atoms with Crippen molar-refractivity contribution in [1.82, 2.24) is 44.4 Å². The van der Waals surface area contributed by atoms with Crippen LogP contribution < -0.4 is 10.6 Å². The Balaban J connectivity index is 1.30. The van der Waals surface area contributed by atoms with Crippen molar-refractivity contribution in [3.63, 3.8) is 0 Å². The van der Waals surface area contributed by atoms with Crippen LogP contribution in [0.2, 0.25) is 0 Å². The molecule has 0 aliphatic carbocycles. The van der Waals surface area contributed by atoms with E-state index in [2.05, 4.69) is 45.5 Å². The van der Waals surface area contributed by atoms with E-state index in [4.69, 9.17) is 0 Å². The summed E-state index contributed by atoms with van der Waals surface area (Å²) in [5.41, 5.74) is 3.16. The first-order chi connectivity index (χ1) is 17.2. The largest absolute Gasteiger partial charge is 0.361 e. The number of rotatable bonds is 8. The summed E-state index contributed by atoms with van der Waals surface area (Å²) >= 11 is 0. The Kier molecular flexibility index (Phi) is 5.37. The molecule has 1 aromatic carbocycles. The van der Waals surface area contributed by atoms with Crippen molar-refractivity contribution in [1.29, 1.82) is 0 Å². The van der Waals surface area contributed by atoms with Gasteiger partial charge in [0.05, 0.1) is 23.9 Å². The quantitative estimate of drug-likeness (QED) is 0.312. The van der Waals surface area contributed by atoms with Crippen molar-refractivity contribution in [3.05, 3.63) is 54.9 Å². The van der Waals surface area contributed by atoms with Gasteiger partial charge < -0.3 is 19.8 Å².